The van der Waals surface area contributed by atoms with Gasteiger partial charge >= 0.3 is 0 Å². The van der Waals surface area contributed by atoms with Crippen molar-refractivity contribution in [1.82, 2.24) is 10.3 Å². The first kappa shape index (κ1) is 16.0. The summed E-state index contributed by atoms with van der Waals surface area (Å²) in [7, 11) is 0. The first-order valence-electron chi connectivity index (χ1n) is 6.76. The molecule has 1 N–H and O–H groups in total. The average Bonchev–Trinajstić information content (AvgIpc) is 2.52. The van der Waals surface area contributed by atoms with Crippen LogP contribution in [0.25, 0.3) is 0 Å². The van der Waals surface area contributed by atoms with Crippen LogP contribution in [0.4, 0.5) is 5.69 Å². The van der Waals surface area contributed by atoms with E-state index in [1.54, 1.807) is 36.7 Å². The molecule has 0 saturated carbocycles. The van der Waals surface area contributed by atoms with Crippen molar-refractivity contribution in [2.75, 3.05) is 11.4 Å². The number of benzene rings is 1. The minimum Gasteiger partial charge on any atom is -0.350 e. The lowest BCUT2D eigenvalue weighted by Gasteiger charge is -2.21. The lowest BCUT2D eigenvalue weighted by molar-refractivity contribution is -0.123. The SMILES string of the molecule is CC(=O)N(CC(=O)NCc1ccncc1)c1ccccc1Cl. The van der Waals surface area contributed by atoms with Gasteiger partial charge in [-0.05, 0) is 29.8 Å². The van der Waals surface area contributed by atoms with Crippen LogP contribution in [-0.4, -0.2) is 23.3 Å². The molecule has 0 aliphatic heterocycles. The Bertz CT molecular complexity index is 661. The fourth-order valence-corrected chi connectivity index (χ4v) is 2.18. The number of rotatable bonds is 5. The van der Waals surface area contributed by atoms with Crippen LogP contribution >= 0.6 is 11.6 Å². The maximum Gasteiger partial charge on any atom is 0.240 e. The molecule has 0 saturated heterocycles. The molecular weight excluding hydrogens is 302 g/mol. The highest BCUT2D eigenvalue weighted by molar-refractivity contribution is 6.33. The third-order valence-electron chi connectivity index (χ3n) is 3.06. The number of halogens is 1. The number of aromatic nitrogens is 1. The molecule has 0 atom stereocenters. The number of nitrogens with one attached hydrogen (secondary N) is 1. The highest BCUT2D eigenvalue weighted by Gasteiger charge is 2.17. The number of carbonyl (C=O) groups excluding carboxylic acids is 2. The molecule has 1 heterocycles. The molecule has 5 nitrogen and oxygen atoms in total. The zero-order chi connectivity index (χ0) is 15.9. The van der Waals surface area contributed by atoms with E-state index >= 15 is 0 Å². The molecule has 0 spiro atoms. The van der Waals surface area contributed by atoms with E-state index in [1.807, 2.05) is 12.1 Å². The van der Waals surface area contributed by atoms with Gasteiger partial charge in [-0.1, -0.05) is 23.7 Å². The van der Waals surface area contributed by atoms with E-state index in [2.05, 4.69) is 10.3 Å². The highest BCUT2D eigenvalue weighted by Crippen LogP contribution is 2.25. The maximum atomic E-state index is 12.1. The Morgan fingerprint density at radius 3 is 2.50 bits per heavy atom. The van der Waals surface area contributed by atoms with E-state index in [-0.39, 0.29) is 18.4 Å². The molecule has 1 aromatic carbocycles. The number of carbonyl (C=O) groups is 2. The number of amides is 2. The Balaban J connectivity index is 2.01. The summed E-state index contributed by atoms with van der Waals surface area (Å²) in [5.74, 6) is -0.501. The molecule has 2 aromatic rings. The highest BCUT2D eigenvalue weighted by atomic mass is 35.5. The second-order valence-corrected chi connectivity index (χ2v) is 5.10. The third-order valence-corrected chi connectivity index (χ3v) is 3.38. The monoisotopic (exact) mass is 317 g/mol. The van der Waals surface area contributed by atoms with E-state index in [1.165, 1.54) is 11.8 Å². The van der Waals surface area contributed by atoms with Crippen LogP contribution in [0.3, 0.4) is 0 Å². The Hall–Kier alpha value is -2.40. The lowest BCUT2D eigenvalue weighted by Crippen LogP contribution is -2.39. The molecule has 0 radical (unpaired) electrons. The second kappa shape index (κ2) is 7.56. The maximum absolute atomic E-state index is 12.1. The van der Waals surface area contributed by atoms with Crippen molar-refractivity contribution >= 4 is 29.1 Å². The summed E-state index contributed by atoms with van der Waals surface area (Å²) in [5.41, 5.74) is 1.46. The van der Waals surface area contributed by atoms with Gasteiger partial charge in [-0.25, -0.2) is 0 Å². The minimum absolute atomic E-state index is 0.0792. The van der Waals surface area contributed by atoms with Crippen LogP contribution < -0.4 is 10.2 Å². The average molecular weight is 318 g/mol. The second-order valence-electron chi connectivity index (χ2n) is 4.69. The van der Waals surface area contributed by atoms with E-state index in [4.69, 9.17) is 11.6 Å². The van der Waals surface area contributed by atoms with Crippen LogP contribution in [-0.2, 0) is 16.1 Å². The fourth-order valence-electron chi connectivity index (χ4n) is 1.94. The van der Waals surface area contributed by atoms with E-state index in [9.17, 15) is 9.59 Å². The summed E-state index contributed by atoms with van der Waals surface area (Å²) in [6.45, 7) is 1.71. The molecule has 0 fully saturated rings. The van der Waals surface area contributed by atoms with Crippen molar-refractivity contribution in [2.45, 2.75) is 13.5 Å². The summed E-state index contributed by atoms with van der Waals surface area (Å²) in [4.78, 5) is 29.1. The van der Waals surface area contributed by atoms with Crippen molar-refractivity contribution in [3.63, 3.8) is 0 Å². The number of nitrogens with zero attached hydrogens (tertiary/aromatic N) is 2. The Kier molecular flexibility index (Phi) is 5.49. The molecule has 2 rings (SSSR count). The number of anilines is 1. The Morgan fingerprint density at radius 1 is 1.18 bits per heavy atom. The lowest BCUT2D eigenvalue weighted by atomic mass is 10.2. The van der Waals surface area contributed by atoms with Gasteiger partial charge in [-0.2, -0.15) is 0 Å². The van der Waals surface area contributed by atoms with Gasteiger partial charge in [-0.15, -0.1) is 0 Å². The molecule has 0 aliphatic rings. The molecule has 114 valence electrons. The van der Waals surface area contributed by atoms with Crippen LogP contribution in [0.5, 0.6) is 0 Å². The van der Waals surface area contributed by atoms with Gasteiger partial charge in [0.2, 0.25) is 11.8 Å². The van der Waals surface area contributed by atoms with Gasteiger partial charge in [0, 0.05) is 25.9 Å². The molecule has 2 amide bonds. The predicted molar refractivity (Wildman–Crippen MR) is 85.6 cm³/mol. The van der Waals surface area contributed by atoms with Crippen molar-refractivity contribution in [3.05, 3.63) is 59.4 Å². The summed E-state index contributed by atoms with van der Waals surface area (Å²) in [6, 6.07) is 10.6. The van der Waals surface area contributed by atoms with Crippen LogP contribution in [0.1, 0.15) is 12.5 Å². The van der Waals surface area contributed by atoms with Gasteiger partial charge in [0.15, 0.2) is 0 Å². The summed E-state index contributed by atoms with van der Waals surface area (Å²) >= 11 is 6.09. The van der Waals surface area contributed by atoms with E-state index in [0.29, 0.717) is 17.3 Å². The van der Waals surface area contributed by atoms with Crippen molar-refractivity contribution < 1.29 is 9.59 Å². The van der Waals surface area contributed by atoms with Gasteiger partial charge < -0.3 is 10.2 Å². The van der Waals surface area contributed by atoms with Crippen molar-refractivity contribution in [3.8, 4) is 0 Å². The zero-order valence-electron chi connectivity index (χ0n) is 12.1. The quantitative estimate of drug-likeness (QED) is 0.921. The largest absolute Gasteiger partial charge is 0.350 e. The topological polar surface area (TPSA) is 62.3 Å². The van der Waals surface area contributed by atoms with Gasteiger partial charge in [0.05, 0.1) is 10.7 Å². The molecule has 0 unspecified atom stereocenters. The van der Waals surface area contributed by atoms with Crippen molar-refractivity contribution in [1.29, 1.82) is 0 Å². The molecule has 0 aliphatic carbocycles. The number of hydrogen-bond donors (Lipinski definition) is 1. The number of para-hydroxylation sites is 1. The number of hydrogen-bond acceptors (Lipinski definition) is 3. The fraction of sp³-hybridized carbons (Fsp3) is 0.188. The van der Waals surface area contributed by atoms with Crippen LogP contribution in [0, 0.1) is 0 Å². The summed E-state index contributed by atoms with van der Waals surface area (Å²) in [6.07, 6.45) is 3.32. The van der Waals surface area contributed by atoms with E-state index in [0.717, 1.165) is 5.56 Å². The van der Waals surface area contributed by atoms with E-state index < -0.39 is 0 Å². The van der Waals surface area contributed by atoms with Crippen LogP contribution in [0.2, 0.25) is 5.02 Å². The zero-order valence-corrected chi connectivity index (χ0v) is 12.9. The molecule has 22 heavy (non-hydrogen) atoms. The molecule has 1 aromatic heterocycles. The first-order chi connectivity index (χ1) is 10.6. The van der Waals surface area contributed by atoms with Gasteiger partial charge in [0.25, 0.3) is 0 Å². The summed E-state index contributed by atoms with van der Waals surface area (Å²) < 4.78 is 0. The first-order valence-corrected chi connectivity index (χ1v) is 7.14. The standard InChI is InChI=1S/C16H16ClN3O2/c1-12(21)20(15-5-3-2-4-14(15)17)11-16(22)19-10-13-6-8-18-9-7-13/h2-9H,10-11H2,1H3,(H,19,22). The third kappa shape index (κ3) is 4.30. The van der Waals surface area contributed by atoms with Gasteiger partial charge in [0.1, 0.15) is 6.54 Å². The molecule has 0 bridgehead atoms. The Morgan fingerprint density at radius 2 is 1.86 bits per heavy atom. The number of pyridine rings is 1. The van der Waals surface area contributed by atoms with Crippen LogP contribution in [0.15, 0.2) is 48.8 Å². The van der Waals surface area contributed by atoms with Gasteiger partial charge in [-0.3, -0.25) is 14.6 Å². The Labute approximate surface area is 133 Å². The summed E-state index contributed by atoms with van der Waals surface area (Å²) in [5, 5.41) is 3.20. The normalized spacial score (nSPS) is 10.1. The molecule has 6 heteroatoms. The molecular formula is C16H16ClN3O2. The smallest absolute Gasteiger partial charge is 0.240 e. The minimum atomic E-state index is -0.257. The predicted octanol–water partition coefficient (Wildman–Crippen LogP) is 2.40. The van der Waals surface area contributed by atoms with Crippen molar-refractivity contribution in [2.24, 2.45) is 0 Å².